The number of carbonyl (C=O) groups excluding carboxylic acids is 1. The third kappa shape index (κ3) is 2.63. The van der Waals surface area contributed by atoms with Crippen molar-refractivity contribution in [2.24, 2.45) is 17.8 Å². The first-order chi connectivity index (χ1) is 8.33. The molecule has 3 rings (SSSR count). The molecule has 1 amide bonds. The minimum atomic E-state index is 0.0556. The van der Waals surface area contributed by atoms with Crippen LogP contribution in [0.15, 0.2) is 0 Å². The molecule has 0 aromatic rings. The molecule has 0 aromatic heterocycles. The van der Waals surface area contributed by atoms with Crippen LogP contribution in [-0.2, 0) is 4.79 Å². The van der Waals surface area contributed by atoms with Gasteiger partial charge in [-0.15, -0.1) is 11.8 Å². The van der Waals surface area contributed by atoms with Crippen LogP contribution in [0.3, 0.4) is 0 Å². The topological polar surface area (TPSA) is 41.1 Å². The Bertz CT molecular complexity index is 291. The summed E-state index contributed by atoms with van der Waals surface area (Å²) in [5.74, 6) is 4.97. The zero-order valence-electron chi connectivity index (χ0n) is 10.3. The van der Waals surface area contributed by atoms with Crippen molar-refractivity contribution in [1.82, 2.24) is 10.6 Å². The molecule has 0 spiro atoms. The molecule has 0 aromatic carbocycles. The average Bonchev–Trinajstić information content (AvgIpc) is 3.06. The van der Waals surface area contributed by atoms with Gasteiger partial charge in [-0.3, -0.25) is 10.1 Å². The van der Waals surface area contributed by atoms with Crippen molar-refractivity contribution in [1.29, 1.82) is 0 Å². The van der Waals surface area contributed by atoms with Gasteiger partial charge in [0.2, 0.25) is 5.91 Å². The second kappa shape index (κ2) is 5.19. The van der Waals surface area contributed by atoms with Crippen LogP contribution < -0.4 is 10.6 Å². The molecule has 96 valence electrons. The van der Waals surface area contributed by atoms with E-state index < -0.39 is 0 Å². The SMILES string of the molecule is O=C(NCCC1CC2CCC1C2)C1CSCN1. The van der Waals surface area contributed by atoms with Crippen molar-refractivity contribution >= 4 is 17.7 Å². The highest BCUT2D eigenvalue weighted by molar-refractivity contribution is 7.99. The summed E-state index contributed by atoms with van der Waals surface area (Å²) in [5.41, 5.74) is 0. The largest absolute Gasteiger partial charge is 0.355 e. The van der Waals surface area contributed by atoms with Gasteiger partial charge in [-0.1, -0.05) is 6.42 Å². The van der Waals surface area contributed by atoms with Gasteiger partial charge in [0.25, 0.3) is 0 Å². The Labute approximate surface area is 107 Å². The lowest BCUT2D eigenvalue weighted by Crippen LogP contribution is -2.42. The molecule has 1 aliphatic heterocycles. The van der Waals surface area contributed by atoms with E-state index in [1.807, 2.05) is 11.8 Å². The molecule has 1 heterocycles. The number of nitrogens with one attached hydrogen (secondary N) is 2. The molecule has 2 saturated carbocycles. The third-order valence-electron chi connectivity index (χ3n) is 4.73. The summed E-state index contributed by atoms with van der Waals surface area (Å²) >= 11 is 1.81. The van der Waals surface area contributed by atoms with Crippen molar-refractivity contribution in [3.8, 4) is 0 Å². The first kappa shape index (κ1) is 11.8. The van der Waals surface area contributed by atoms with Crippen molar-refractivity contribution in [2.75, 3.05) is 18.2 Å². The van der Waals surface area contributed by atoms with E-state index in [4.69, 9.17) is 0 Å². The van der Waals surface area contributed by atoms with Gasteiger partial charge in [0.15, 0.2) is 0 Å². The van der Waals surface area contributed by atoms with E-state index in [1.165, 1.54) is 32.1 Å². The quantitative estimate of drug-likeness (QED) is 0.800. The molecule has 2 N–H and O–H groups in total. The van der Waals surface area contributed by atoms with Gasteiger partial charge < -0.3 is 5.32 Å². The Morgan fingerprint density at radius 1 is 1.35 bits per heavy atom. The lowest BCUT2D eigenvalue weighted by atomic mass is 9.86. The fraction of sp³-hybridized carbons (Fsp3) is 0.923. The van der Waals surface area contributed by atoms with Crippen LogP contribution in [0.2, 0.25) is 0 Å². The van der Waals surface area contributed by atoms with Crippen molar-refractivity contribution in [3.63, 3.8) is 0 Å². The van der Waals surface area contributed by atoms with Gasteiger partial charge >= 0.3 is 0 Å². The second-order valence-electron chi connectivity index (χ2n) is 5.79. The van der Waals surface area contributed by atoms with Crippen LogP contribution in [-0.4, -0.2) is 30.1 Å². The maximum Gasteiger partial charge on any atom is 0.238 e. The summed E-state index contributed by atoms with van der Waals surface area (Å²) in [7, 11) is 0. The van der Waals surface area contributed by atoms with Crippen molar-refractivity contribution < 1.29 is 4.79 Å². The molecular formula is C13H22N2OS. The van der Waals surface area contributed by atoms with E-state index in [0.717, 1.165) is 35.9 Å². The summed E-state index contributed by atoms with van der Waals surface area (Å²) < 4.78 is 0. The monoisotopic (exact) mass is 254 g/mol. The fourth-order valence-corrected chi connectivity index (χ4v) is 4.74. The number of fused-ring (bicyclic) bond motifs is 2. The molecule has 2 aliphatic carbocycles. The maximum absolute atomic E-state index is 11.8. The van der Waals surface area contributed by atoms with Gasteiger partial charge in [-0.2, -0.15) is 0 Å². The van der Waals surface area contributed by atoms with Gasteiger partial charge in [-0.25, -0.2) is 0 Å². The lowest BCUT2D eigenvalue weighted by molar-refractivity contribution is -0.122. The van der Waals surface area contributed by atoms with Crippen LogP contribution in [0.5, 0.6) is 0 Å². The molecule has 4 unspecified atom stereocenters. The van der Waals surface area contributed by atoms with E-state index in [0.29, 0.717) is 0 Å². The number of hydrogen-bond donors (Lipinski definition) is 2. The van der Waals surface area contributed by atoms with E-state index in [9.17, 15) is 4.79 Å². The minimum absolute atomic E-state index is 0.0556. The molecule has 3 nitrogen and oxygen atoms in total. The predicted octanol–water partition coefficient (Wildman–Crippen LogP) is 1.59. The number of carbonyl (C=O) groups is 1. The summed E-state index contributed by atoms with van der Waals surface area (Å²) in [5, 5.41) is 6.31. The van der Waals surface area contributed by atoms with Gasteiger partial charge in [-0.05, 0) is 43.4 Å². The van der Waals surface area contributed by atoms with Gasteiger partial charge in [0, 0.05) is 18.2 Å². The molecular weight excluding hydrogens is 232 g/mol. The van der Waals surface area contributed by atoms with E-state index in [2.05, 4.69) is 10.6 Å². The Morgan fingerprint density at radius 3 is 2.94 bits per heavy atom. The first-order valence-electron chi connectivity index (χ1n) is 6.92. The Morgan fingerprint density at radius 2 is 2.29 bits per heavy atom. The van der Waals surface area contributed by atoms with Gasteiger partial charge in [0.1, 0.15) is 0 Å². The Balaban J connectivity index is 1.36. The summed E-state index contributed by atoms with van der Waals surface area (Å²) in [6.45, 7) is 0.884. The summed E-state index contributed by atoms with van der Waals surface area (Å²) in [6.07, 6.45) is 7.02. The van der Waals surface area contributed by atoms with E-state index in [-0.39, 0.29) is 11.9 Å². The number of thioether (sulfide) groups is 1. The highest BCUT2D eigenvalue weighted by atomic mass is 32.2. The molecule has 3 fully saturated rings. The van der Waals surface area contributed by atoms with E-state index in [1.54, 1.807) is 0 Å². The molecule has 0 radical (unpaired) electrons. The molecule has 4 atom stereocenters. The van der Waals surface area contributed by atoms with E-state index >= 15 is 0 Å². The third-order valence-corrected chi connectivity index (χ3v) is 5.67. The zero-order valence-corrected chi connectivity index (χ0v) is 11.1. The highest BCUT2D eigenvalue weighted by Gasteiger charge is 2.38. The smallest absolute Gasteiger partial charge is 0.238 e. The molecule has 3 aliphatic rings. The zero-order chi connectivity index (χ0) is 11.7. The number of hydrogen-bond acceptors (Lipinski definition) is 3. The molecule has 4 heteroatoms. The number of rotatable bonds is 4. The van der Waals surface area contributed by atoms with Crippen molar-refractivity contribution in [2.45, 2.75) is 38.1 Å². The van der Waals surface area contributed by atoms with Gasteiger partial charge in [0.05, 0.1) is 6.04 Å². The summed E-state index contributed by atoms with van der Waals surface area (Å²) in [4.78, 5) is 11.8. The number of amides is 1. The standard InChI is InChI=1S/C13H22N2OS/c16-13(12-7-17-8-15-12)14-4-3-11-6-9-1-2-10(11)5-9/h9-12,15H,1-8H2,(H,14,16). The highest BCUT2D eigenvalue weighted by Crippen LogP contribution is 2.49. The maximum atomic E-state index is 11.8. The average molecular weight is 254 g/mol. The van der Waals surface area contributed by atoms with Crippen LogP contribution >= 0.6 is 11.8 Å². The molecule has 1 saturated heterocycles. The second-order valence-corrected chi connectivity index (χ2v) is 6.82. The van der Waals surface area contributed by atoms with Crippen LogP contribution in [0.25, 0.3) is 0 Å². The minimum Gasteiger partial charge on any atom is -0.355 e. The van der Waals surface area contributed by atoms with Crippen LogP contribution in [0.4, 0.5) is 0 Å². The Hall–Kier alpha value is -0.220. The van der Waals surface area contributed by atoms with Crippen molar-refractivity contribution in [3.05, 3.63) is 0 Å². The summed E-state index contributed by atoms with van der Waals surface area (Å²) in [6, 6.07) is 0.0556. The first-order valence-corrected chi connectivity index (χ1v) is 8.07. The normalized spacial score (nSPS) is 39.8. The Kier molecular flexibility index (Phi) is 3.61. The predicted molar refractivity (Wildman–Crippen MR) is 70.8 cm³/mol. The fourth-order valence-electron chi connectivity index (χ4n) is 3.80. The van der Waals surface area contributed by atoms with Crippen LogP contribution in [0, 0.1) is 17.8 Å². The molecule has 2 bridgehead atoms. The lowest BCUT2D eigenvalue weighted by Gasteiger charge is -2.21. The molecule has 17 heavy (non-hydrogen) atoms. The van der Waals surface area contributed by atoms with Crippen LogP contribution in [0.1, 0.15) is 32.1 Å².